The number of nitrogens with one attached hydrogen (secondary N) is 1. The van der Waals surface area contributed by atoms with Gasteiger partial charge in [-0.2, -0.15) is 13.2 Å². The summed E-state index contributed by atoms with van der Waals surface area (Å²) in [4.78, 5) is 0. The largest absolute Gasteiger partial charge is 0.401 e. The number of hydrogen-bond donors (Lipinski definition) is 2. The molecule has 0 atom stereocenters. The van der Waals surface area contributed by atoms with E-state index >= 15 is 0 Å². The Morgan fingerprint density at radius 3 is 2.22 bits per heavy atom. The van der Waals surface area contributed by atoms with Gasteiger partial charge in [0.15, 0.2) is 0 Å². The minimum absolute atomic E-state index is 0.0144. The fourth-order valence-corrected chi connectivity index (χ4v) is 0.309. The van der Waals surface area contributed by atoms with Crippen LogP contribution in [0.3, 0.4) is 0 Å². The molecular formula is C4H8F3NO. The molecule has 0 heterocycles. The topological polar surface area (TPSA) is 32.3 Å². The molecule has 0 aromatic heterocycles. The molecule has 56 valence electrons. The molecule has 2 nitrogen and oxygen atoms in total. The second kappa shape index (κ2) is 3.68. The lowest BCUT2D eigenvalue weighted by molar-refractivity contribution is -0.124. The molecule has 9 heavy (non-hydrogen) atoms. The van der Waals surface area contributed by atoms with Crippen LogP contribution < -0.4 is 5.32 Å². The van der Waals surface area contributed by atoms with Crippen LogP contribution in [0.15, 0.2) is 0 Å². The molecular weight excluding hydrogens is 135 g/mol. The van der Waals surface area contributed by atoms with Gasteiger partial charge >= 0.3 is 6.18 Å². The first kappa shape index (κ1) is 8.71. The van der Waals surface area contributed by atoms with Crippen molar-refractivity contribution >= 4 is 0 Å². The molecule has 0 rings (SSSR count). The number of halogens is 3. The van der Waals surface area contributed by atoms with Gasteiger partial charge in [-0.3, -0.25) is 0 Å². The van der Waals surface area contributed by atoms with Crippen LogP contribution in [-0.2, 0) is 0 Å². The van der Waals surface area contributed by atoms with Crippen LogP contribution in [0.5, 0.6) is 0 Å². The molecule has 0 aromatic carbocycles. The van der Waals surface area contributed by atoms with Crippen LogP contribution in [0.2, 0.25) is 0 Å². The molecule has 0 fully saturated rings. The van der Waals surface area contributed by atoms with Gasteiger partial charge in [-0.1, -0.05) is 0 Å². The van der Waals surface area contributed by atoms with E-state index in [1.54, 1.807) is 0 Å². The molecule has 5 heteroatoms. The van der Waals surface area contributed by atoms with Crippen molar-refractivity contribution in [2.75, 3.05) is 19.7 Å². The van der Waals surface area contributed by atoms with Crippen molar-refractivity contribution in [3.8, 4) is 0 Å². The van der Waals surface area contributed by atoms with Gasteiger partial charge in [0.2, 0.25) is 0 Å². The Morgan fingerprint density at radius 2 is 1.89 bits per heavy atom. The quantitative estimate of drug-likeness (QED) is 0.550. The highest BCUT2D eigenvalue weighted by Gasteiger charge is 2.25. The zero-order valence-electron chi connectivity index (χ0n) is 4.70. The molecule has 0 saturated heterocycles. The fourth-order valence-electron chi connectivity index (χ4n) is 0.309. The Balaban J connectivity index is 3.07. The molecule has 0 unspecified atom stereocenters. The molecule has 0 aliphatic rings. The minimum atomic E-state index is -4.17. The van der Waals surface area contributed by atoms with E-state index in [4.69, 9.17) is 5.11 Å². The number of aliphatic hydroxyl groups is 1. The van der Waals surface area contributed by atoms with E-state index in [0.717, 1.165) is 0 Å². The van der Waals surface area contributed by atoms with E-state index < -0.39 is 12.7 Å². The van der Waals surface area contributed by atoms with Crippen molar-refractivity contribution in [3.63, 3.8) is 0 Å². The van der Waals surface area contributed by atoms with Gasteiger partial charge in [-0.15, -0.1) is 0 Å². The molecule has 0 aromatic rings. The van der Waals surface area contributed by atoms with Gasteiger partial charge in [0.25, 0.3) is 0 Å². The van der Waals surface area contributed by atoms with Crippen LogP contribution in [0.25, 0.3) is 0 Å². The summed E-state index contributed by atoms with van der Waals surface area (Å²) in [5.41, 5.74) is 0. The Kier molecular flexibility index (Phi) is 3.56. The van der Waals surface area contributed by atoms with Crippen LogP contribution in [0, 0.1) is 0 Å². The van der Waals surface area contributed by atoms with E-state index in [1.165, 1.54) is 0 Å². The lowest BCUT2D eigenvalue weighted by Crippen LogP contribution is -2.30. The van der Waals surface area contributed by atoms with Gasteiger partial charge < -0.3 is 10.4 Å². The standard InChI is InChI=1S/C4H8F3NO/c5-4(6,7)3-8-1-2-9/h8-9H,1-3H2. The number of rotatable bonds is 3. The van der Waals surface area contributed by atoms with Gasteiger partial charge in [0.05, 0.1) is 13.2 Å². The maximum Gasteiger partial charge on any atom is 0.401 e. The van der Waals surface area contributed by atoms with Crippen molar-refractivity contribution in [2.45, 2.75) is 6.18 Å². The monoisotopic (exact) mass is 143 g/mol. The third-order valence-electron chi connectivity index (χ3n) is 0.614. The highest BCUT2D eigenvalue weighted by Crippen LogP contribution is 2.11. The lowest BCUT2D eigenvalue weighted by Gasteiger charge is -2.05. The van der Waals surface area contributed by atoms with Crippen molar-refractivity contribution in [2.24, 2.45) is 0 Å². The molecule has 0 spiro atoms. The predicted octanol–water partition coefficient (Wildman–Crippen LogP) is 0.131. The van der Waals surface area contributed by atoms with E-state index in [2.05, 4.69) is 0 Å². The van der Waals surface area contributed by atoms with Crippen LogP contribution in [0.4, 0.5) is 13.2 Å². The zero-order chi connectivity index (χ0) is 7.33. The first-order valence-corrected chi connectivity index (χ1v) is 2.44. The molecule has 0 saturated carbocycles. The maximum atomic E-state index is 11.2. The lowest BCUT2D eigenvalue weighted by atomic mass is 10.6. The van der Waals surface area contributed by atoms with Gasteiger partial charge in [-0.25, -0.2) is 0 Å². The summed E-state index contributed by atoms with van der Waals surface area (Å²) in [6.07, 6.45) is -4.17. The van der Waals surface area contributed by atoms with Crippen LogP contribution >= 0.6 is 0 Å². The average molecular weight is 143 g/mol. The van der Waals surface area contributed by atoms with Gasteiger partial charge in [0, 0.05) is 6.54 Å². The number of hydrogen-bond acceptors (Lipinski definition) is 2. The fraction of sp³-hybridized carbons (Fsp3) is 1.00. The first-order chi connectivity index (χ1) is 4.06. The van der Waals surface area contributed by atoms with E-state index in [9.17, 15) is 13.2 Å². The molecule has 2 N–H and O–H groups in total. The maximum absolute atomic E-state index is 11.2. The van der Waals surface area contributed by atoms with E-state index in [1.807, 2.05) is 5.32 Å². The molecule has 0 amide bonds. The molecule has 0 radical (unpaired) electrons. The third-order valence-corrected chi connectivity index (χ3v) is 0.614. The number of alkyl halides is 3. The van der Waals surface area contributed by atoms with E-state index in [0.29, 0.717) is 0 Å². The third kappa shape index (κ3) is 7.71. The Bertz CT molecular complexity index is 72.7. The van der Waals surface area contributed by atoms with Crippen molar-refractivity contribution in [3.05, 3.63) is 0 Å². The highest BCUT2D eigenvalue weighted by atomic mass is 19.4. The van der Waals surface area contributed by atoms with Gasteiger partial charge in [-0.05, 0) is 0 Å². The second-order valence-electron chi connectivity index (χ2n) is 1.52. The average Bonchev–Trinajstić information content (AvgIpc) is 1.63. The first-order valence-electron chi connectivity index (χ1n) is 2.44. The van der Waals surface area contributed by atoms with Crippen LogP contribution in [-0.4, -0.2) is 31.0 Å². The minimum Gasteiger partial charge on any atom is -0.395 e. The molecule has 0 aliphatic carbocycles. The zero-order valence-corrected chi connectivity index (χ0v) is 4.70. The van der Waals surface area contributed by atoms with Gasteiger partial charge in [0.1, 0.15) is 0 Å². The summed E-state index contributed by atoms with van der Waals surface area (Å²) in [7, 11) is 0. The summed E-state index contributed by atoms with van der Waals surface area (Å²) in [6, 6.07) is 0. The van der Waals surface area contributed by atoms with E-state index in [-0.39, 0.29) is 13.2 Å². The Morgan fingerprint density at radius 1 is 1.33 bits per heavy atom. The number of aliphatic hydroxyl groups excluding tert-OH is 1. The SMILES string of the molecule is OCCNCC(F)(F)F. The Hall–Kier alpha value is -0.290. The summed E-state index contributed by atoms with van der Waals surface area (Å²) in [6.45, 7) is -1.32. The van der Waals surface area contributed by atoms with Crippen LogP contribution in [0.1, 0.15) is 0 Å². The van der Waals surface area contributed by atoms with Crippen molar-refractivity contribution in [1.29, 1.82) is 0 Å². The summed E-state index contributed by atoms with van der Waals surface area (Å²) >= 11 is 0. The normalized spacial score (nSPS) is 12.0. The van der Waals surface area contributed by atoms with Crippen molar-refractivity contribution < 1.29 is 18.3 Å². The summed E-state index contributed by atoms with van der Waals surface area (Å²) in [5, 5.41) is 10.0. The second-order valence-corrected chi connectivity index (χ2v) is 1.52. The summed E-state index contributed by atoms with van der Waals surface area (Å²) in [5.74, 6) is 0. The smallest absolute Gasteiger partial charge is 0.395 e. The summed E-state index contributed by atoms with van der Waals surface area (Å²) < 4.78 is 33.7. The Labute approximate surface area is 50.7 Å². The molecule has 0 aliphatic heterocycles. The molecule has 0 bridgehead atoms. The highest BCUT2D eigenvalue weighted by molar-refractivity contribution is 4.53. The van der Waals surface area contributed by atoms with Crippen molar-refractivity contribution in [1.82, 2.24) is 5.32 Å². The predicted molar refractivity (Wildman–Crippen MR) is 26.0 cm³/mol.